The van der Waals surface area contributed by atoms with Crippen molar-refractivity contribution in [2.45, 2.75) is 18.0 Å². The van der Waals surface area contributed by atoms with Crippen LogP contribution in [0.25, 0.3) is 0 Å². The summed E-state index contributed by atoms with van der Waals surface area (Å²) in [5.41, 5.74) is 0. The number of carbonyl (C=O) groups is 1. The van der Waals surface area contributed by atoms with Gasteiger partial charge in [-0.2, -0.15) is 5.10 Å². The molecule has 1 N–H and O–H groups in total. The minimum atomic E-state index is 0.0788. The Bertz CT molecular complexity index is 320. The highest BCUT2D eigenvalue weighted by atomic mass is 32.2. The topological polar surface area (TPSA) is 46.9 Å². The average Bonchev–Trinajstić information content (AvgIpc) is 2.46. The van der Waals surface area contributed by atoms with Gasteiger partial charge in [-0.15, -0.1) is 11.8 Å². The molecule has 2 rings (SSSR count). The molecule has 2 heterocycles. The van der Waals surface area contributed by atoms with Crippen molar-refractivity contribution in [1.29, 1.82) is 0 Å². The van der Waals surface area contributed by atoms with Crippen LogP contribution in [0.2, 0.25) is 0 Å². The van der Waals surface area contributed by atoms with Crippen LogP contribution >= 0.6 is 11.8 Å². The van der Waals surface area contributed by atoms with Crippen molar-refractivity contribution in [1.82, 2.24) is 9.78 Å². The molecule has 0 unspecified atom stereocenters. The molecule has 0 bridgehead atoms. The van der Waals surface area contributed by atoms with Crippen molar-refractivity contribution in [3.63, 3.8) is 0 Å². The van der Waals surface area contributed by atoms with Crippen molar-refractivity contribution in [3.8, 4) is 0 Å². The zero-order valence-corrected chi connectivity index (χ0v) is 7.52. The Hall–Kier alpha value is -0.970. The van der Waals surface area contributed by atoms with Gasteiger partial charge in [0.05, 0.1) is 6.54 Å². The van der Waals surface area contributed by atoms with Gasteiger partial charge in [0.15, 0.2) is 0 Å². The molecule has 12 heavy (non-hydrogen) atoms. The molecule has 1 amide bonds. The standard InChI is InChI=1S/C7H9N3OS/c1-12-7-4-5-8-6(11)2-3-10(5)9-7/h4H,2-3H2,1H3,(H,8,11). The minimum absolute atomic E-state index is 0.0788. The molecule has 5 heteroatoms. The summed E-state index contributed by atoms with van der Waals surface area (Å²) in [5.74, 6) is 0.894. The first-order valence-corrected chi connectivity index (χ1v) is 4.94. The van der Waals surface area contributed by atoms with E-state index in [1.807, 2.05) is 17.0 Å². The second-order valence-corrected chi connectivity index (χ2v) is 3.42. The Labute approximate surface area is 74.3 Å². The second kappa shape index (κ2) is 2.82. The highest BCUT2D eigenvalue weighted by Crippen LogP contribution is 2.21. The number of nitrogens with zero attached hydrogens (tertiary/aromatic N) is 2. The Morgan fingerprint density at radius 1 is 1.75 bits per heavy atom. The van der Waals surface area contributed by atoms with E-state index < -0.39 is 0 Å². The molecule has 0 spiro atoms. The Morgan fingerprint density at radius 2 is 2.58 bits per heavy atom. The predicted molar refractivity (Wildman–Crippen MR) is 47.3 cm³/mol. The average molecular weight is 183 g/mol. The molecular weight excluding hydrogens is 174 g/mol. The summed E-state index contributed by atoms with van der Waals surface area (Å²) in [6.07, 6.45) is 2.50. The summed E-state index contributed by atoms with van der Waals surface area (Å²) in [6.45, 7) is 0.696. The van der Waals surface area contributed by atoms with Crippen molar-refractivity contribution >= 4 is 23.5 Å². The second-order valence-electron chi connectivity index (χ2n) is 2.59. The lowest BCUT2D eigenvalue weighted by atomic mass is 10.3. The van der Waals surface area contributed by atoms with Crippen molar-refractivity contribution in [2.24, 2.45) is 0 Å². The number of fused-ring (bicyclic) bond motifs is 1. The predicted octanol–water partition coefficient (Wildman–Crippen LogP) is 0.947. The molecular formula is C7H9N3OS. The molecule has 0 aliphatic carbocycles. The molecule has 0 radical (unpaired) electrons. The molecule has 64 valence electrons. The molecule has 0 atom stereocenters. The van der Waals surface area contributed by atoms with E-state index in [9.17, 15) is 4.79 Å². The van der Waals surface area contributed by atoms with E-state index in [0.29, 0.717) is 13.0 Å². The fourth-order valence-corrected chi connectivity index (χ4v) is 1.59. The molecule has 4 nitrogen and oxygen atoms in total. The fourth-order valence-electron chi connectivity index (χ4n) is 1.18. The highest BCUT2D eigenvalue weighted by Gasteiger charge is 2.15. The van der Waals surface area contributed by atoms with Gasteiger partial charge in [0.1, 0.15) is 10.8 Å². The molecule has 0 aromatic carbocycles. The third kappa shape index (κ3) is 1.20. The maximum absolute atomic E-state index is 11.0. The monoisotopic (exact) mass is 183 g/mol. The number of aromatic nitrogens is 2. The summed E-state index contributed by atoms with van der Waals surface area (Å²) >= 11 is 1.58. The van der Waals surface area contributed by atoms with E-state index >= 15 is 0 Å². The van der Waals surface area contributed by atoms with Gasteiger partial charge in [-0.3, -0.25) is 4.79 Å². The first kappa shape index (κ1) is 7.67. The third-order valence-corrected chi connectivity index (χ3v) is 2.40. The number of carbonyl (C=O) groups excluding carboxylic acids is 1. The lowest BCUT2D eigenvalue weighted by molar-refractivity contribution is -0.116. The maximum Gasteiger partial charge on any atom is 0.227 e. The number of anilines is 1. The molecule has 0 saturated carbocycles. The van der Waals surface area contributed by atoms with Gasteiger partial charge < -0.3 is 5.32 Å². The zero-order valence-electron chi connectivity index (χ0n) is 6.70. The van der Waals surface area contributed by atoms with Crippen LogP contribution in [0.5, 0.6) is 0 Å². The normalized spacial score (nSPS) is 15.6. The lowest BCUT2D eigenvalue weighted by Gasteiger charge is -2.13. The summed E-state index contributed by atoms with van der Waals surface area (Å²) in [6, 6.07) is 1.89. The summed E-state index contributed by atoms with van der Waals surface area (Å²) in [5, 5.41) is 7.98. The first-order chi connectivity index (χ1) is 5.79. The lowest BCUT2D eigenvalue weighted by Crippen LogP contribution is -2.23. The molecule has 0 saturated heterocycles. The largest absolute Gasteiger partial charge is 0.311 e. The van der Waals surface area contributed by atoms with E-state index in [0.717, 1.165) is 10.8 Å². The van der Waals surface area contributed by atoms with E-state index in [4.69, 9.17) is 0 Å². The smallest absolute Gasteiger partial charge is 0.227 e. The number of hydrogen-bond donors (Lipinski definition) is 1. The molecule has 1 aromatic heterocycles. The van der Waals surface area contributed by atoms with Gasteiger partial charge in [-0.05, 0) is 6.26 Å². The van der Waals surface area contributed by atoms with E-state index in [1.165, 1.54) is 0 Å². The first-order valence-electron chi connectivity index (χ1n) is 3.71. The fraction of sp³-hybridized carbons (Fsp3) is 0.429. The Morgan fingerprint density at radius 3 is 3.33 bits per heavy atom. The Kier molecular flexibility index (Phi) is 1.80. The SMILES string of the molecule is CSc1cc2n(n1)CCC(=O)N2. The van der Waals surface area contributed by atoms with E-state index in [2.05, 4.69) is 10.4 Å². The van der Waals surface area contributed by atoms with Crippen LogP contribution in [0.3, 0.4) is 0 Å². The van der Waals surface area contributed by atoms with Crippen LogP contribution in [-0.4, -0.2) is 21.9 Å². The number of rotatable bonds is 1. The van der Waals surface area contributed by atoms with Gasteiger partial charge in [0.2, 0.25) is 5.91 Å². The van der Waals surface area contributed by atoms with Gasteiger partial charge in [-0.1, -0.05) is 0 Å². The Balaban J connectivity index is 2.34. The van der Waals surface area contributed by atoms with Gasteiger partial charge in [0, 0.05) is 12.5 Å². The van der Waals surface area contributed by atoms with Gasteiger partial charge in [-0.25, -0.2) is 4.68 Å². The van der Waals surface area contributed by atoms with Crippen LogP contribution < -0.4 is 5.32 Å². The third-order valence-electron chi connectivity index (χ3n) is 1.78. The van der Waals surface area contributed by atoms with E-state index in [1.54, 1.807) is 11.8 Å². The molecule has 1 aromatic rings. The van der Waals surface area contributed by atoms with Crippen LogP contribution in [-0.2, 0) is 11.3 Å². The number of hydrogen-bond acceptors (Lipinski definition) is 3. The number of nitrogens with one attached hydrogen (secondary N) is 1. The van der Waals surface area contributed by atoms with Crippen molar-refractivity contribution < 1.29 is 4.79 Å². The van der Waals surface area contributed by atoms with Crippen LogP contribution in [0, 0.1) is 0 Å². The van der Waals surface area contributed by atoms with Crippen LogP contribution in [0.15, 0.2) is 11.1 Å². The summed E-state index contributed by atoms with van der Waals surface area (Å²) in [7, 11) is 0. The molecule has 1 aliphatic rings. The summed E-state index contributed by atoms with van der Waals surface area (Å²) in [4.78, 5) is 11.0. The number of aryl methyl sites for hydroxylation is 1. The van der Waals surface area contributed by atoms with Gasteiger partial charge >= 0.3 is 0 Å². The maximum atomic E-state index is 11.0. The quantitative estimate of drug-likeness (QED) is 0.659. The summed E-state index contributed by atoms with van der Waals surface area (Å²) < 4.78 is 1.83. The number of amides is 1. The van der Waals surface area contributed by atoms with Crippen molar-refractivity contribution in [3.05, 3.63) is 6.07 Å². The van der Waals surface area contributed by atoms with Crippen molar-refractivity contribution in [2.75, 3.05) is 11.6 Å². The molecule has 0 fully saturated rings. The minimum Gasteiger partial charge on any atom is -0.311 e. The highest BCUT2D eigenvalue weighted by molar-refractivity contribution is 7.98. The van der Waals surface area contributed by atoms with Crippen LogP contribution in [0.1, 0.15) is 6.42 Å². The molecule has 1 aliphatic heterocycles. The zero-order chi connectivity index (χ0) is 8.55. The van der Waals surface area contributed by atoms with E-state index in [-0.39, 0.29) is 5.91 Å². The van der Waals surface area contributed by atoms with Gasteiger partial charge in [0.25, 0.3) is 0 Å². The number of thioether (sulfide) groups is 1. The van der Waals surface area contributed by atoms with Crippen LogP contribution in [0.4, 0.5) is 5.82 Å².